The van der Waals surface area contributed by atoms with Gasteiger partial charge in [0.15, 0.2) is 0 Å². The van der Waals surface area contributed by atoms with Gasteiger partial charge in [-0.25, -0.2) is 4.98 Å². The lowest BCUT2D eigenvalue weighted by Gasteiger charge is -2.30. The van der Waals surface area contributed by atoms with Crippen LogP contribution in [0.15, 0.2) is 42.5 Å². The molecule has 0 aliphatic carbocycles. The van der Waals surface area contributed by atoms with Crippen LogP contribution in [0.1, 0.15) is 34.6 Å². The van der Waals surface area contributed by atoms with E-state index in [4.69, 9.17) is 14.5 Å². The standard InChI is InChI=1S/C26H27N3O3S2.ClH/c1-15(2)29-10-9-19-22(14-29)34-26(23(19)25-27-20-7-5-6-8-21(20)33-25)28-24(30)16-11-17(31-3)13-18(12-16)32-4;/h5-8,11-13,15H,9-10,14H2,1-4H3,(H,28,30);1H. The minimum absolute atomic E-state index is 0. The van der Waals surface area contributed by atoms with Crippen LogP contribution in [0.5, 0.6) is 11.5 Å². The number of nitrogens with zero attached hydrogens (tertiary/aromatic N) is 2. The number of para-hydroxylation sites is 1. The minimum Gasteiger partial charge on any atom is -0.497 e. The Balaban J connectivity index is 0.00000289. The van der Waals surface area contributed by atoms with Gasteiger partial charge in [-0.15, -0.1) is 35.1 Å². The molecule has 0 fully saturated rings. The highest BCUT2D eigenvalue weighted by Crippen LogP contribution is 2.46. The number of nitrogens with one attached hydrogen (secondary N) is 1. The molecule has 1 aliphatic heterocycles. The number of thiophene rings is 1. The van der Waals surface area contributed by atoms with E-state index < -0.39 is 0 Å². The lowest BCUT2D eigenvalue weighted by molar-refractivity contribution is 0.102. The number of anilines is 1. The third-order valence-corrected chi connectivity index (χ3v) is 8.35. The number of carbonyl (C=O) groups excluding carboxylic acids is 1. The third kappa shape index (κ3) is 5.02. The molecule has 1 N–H and O–H groups in total. The maximum absolute atomic E-state index is 13.3. The molecule has 0 saturated heterocycles. The van der Waals surface area contributed by atoms with Crippen LogP contribution in [0.3, 0.4) is 0 Å². The molecule has 5 rings (SSSR count). The van der Waals surface area contributed by atoms with E-state index in [-0.39, 0.29) is 18.3 Å². The van der Waals surface area contributed by atoms with Gasteiger partial charge >= 0.3 is 0 Å². The van der Waals surface area contributed by atoms with Gasteiger partial charge in [-0.2, -0.15) is 0 Å². The van der Waals surface area contributed by atoms with Crippen molar-refractivity contribution in [3.8, 4) is 22.1 Å². The zero-order valence-corrected chi connectivity index (χ0v) is 22.5. The van der Waals surface area contributed by atoms with Gasteiger partial charge < -0.3 is 14.8 Å². The second kappa shape index (κ2) is 10.5. The Labute approximate surface area is 219 Å². The van der Waals surface area contributed by atoms with E-state index in [9.17, 15) is 4.79 Å². The van der Waals surface area contributed by atoms with Crippen LogP contribution >= 0.6 is 35.1 Å². The van der Waals surface area contributed by atoms with Gasteiger partial charge in [0, 0.05) is 41.2 Å². The number of ether oxygens (including phenoxy) is 2. The predicted molar refractivity (Wildman–Crippen MR) is 147 cm³/mol. The zero-order chi connectivity index (χ0) is 23.8. The Kier molecular flexibility index (Phi) is 7.66. The molecule has 0 radical (unpaired) electrons. The molecule has 0 atom stereocenters. The summed E-state index contributed by atoms with van der Waals surface area (Å²) in [6.45, 7) is 6.34. The molecule has 3 heterocycles. The Bertz CT molecular complexity index is 1310. The number of fused-ring (bicyclic) bond motifs is 2. The predicted octanol–water partition coefficient (Wildman–Crippen LogP) is 6.48. The van der Waals surface area contributed by atoms with Crippen LogP contribution in [-0.2, 0) is 13.0 Å². The summed E-state index contributed by atoms with van der Waals surface area (Å²) in [5, 5.41) is 4.99. The monoisotopic (exact) mass is 529 g/mol. The fraction of sp³-hybridized carbons (Fsp3) is 0.308. The smallest absolute Gasteiger partial charge is 0.256 e. The third-order valence-electron chi connectivity index (χ3n) is 6.17. The molecule has 6 nitrogen and oxygen atoms in total. The van der Waals surface area contributed by atoms with E-state index in [1.165, 1.54) is 10.4 Å². The number of rotatable bonds is 6. The normalized spacial score (nSPS) is 13.4. The second-order valence-corrected chi connectivity index (χ2v) is 10.7. The topological polar surface area (TPSA) is 63.7 Å². The summed E-state index contributed by atoms with van der Waals surface area (Å²) in [5.41, 5.74) is 3.84. The molecular weight excluding hydrogens is 502 g/mol. The van der Waals surface area contributed by atoms with Gasteiger partial charge in [-0.1, -0.05) is 12.1 Å². The van der Waals surface area contributed by atoms with E-state index in [1.807, 2.05) is 18.2 Å². The van der Waals surface area contributed by atoms with Gasteiger partial charge in [-0.3, -0.25) is 9.69 Å². The minimum atomic E-state index is -0.195. The highest BCUT2D eigenvalue weighted by Gasteiger charge is 2.28. The van der Waals surface area contributed by atoms with Crippen LogP contribution in [0.25, 0.3) is 20.8 Å². The van der Waals surface area contributed by atoms with Crippen molar-refractivity contribution in [1.82, 2.24) is 9.88 Å². The molecule has 35 heavy (non-hydrogen) atoms. The van der Waals surface area contributed by atoms with E-state index >= 15 is 0 Å². The first-order valence-electron chi connectivity index (χ1n) is 11.3. The van der Waals surface area contributed by atoms with Crippen molar-refractivity contribution in [2.45, 2.75) is 32.9 Å². The average molecular weight is 530 g/mol. The summed E-state index contributed by atoms with van der Waals surface area (Å²) in [4.78, 5) is 22.1. The molecule has 1 amide bonds. The van der Waals surface area contributed by atoms with Gasteiger partial charge in [0.05, 0.1) is 24.4 Å². The van der Waals surface area contributed by atoms with Crippen LogP contribution in [0, 0.1) is 0 Å². The number of amides is 1. The second-order valence-electron chi connectivity index (χ2n) is 8.56. The van der Waals surface area contributed by atoms with Crippen molar-refractivity contribution in [2.24, 2.45) is 0 Å². The molecule has 9 heteroatoms. The number of methoxy groups -OCH3 is 2. The SMILES string of the molecule is COc1cc(OC)cc(C(=O)Nc2sc3c(c2-c2nc4ccccc4s2)CCN(C(C)C)C3)c1.Cl. The molecule has 2 aromatic carbocycles. The van der Waals surface area contributed by atoms with E-state index in [0.29, 0.717) is 23.1 Å². The van der Waals surface area contributed by atoms with Gasteiger partial charge in [0.25, 0.3) is 5.91 Å². The van der Waals surface area contributed by atoms with Crippen molar-refractivity contribution in [3.63, 3.8) is 0 Å². The van der Waals surface area contributed by atoms with Crippen LogP contribution < -0.4 is 14.8 Å². The Hall–Kier alpha value is -2.65. The van der Waals surface area contributed by atoms with E-state index in [2.05, 4.69) is 30.1 Å². The molecule has 4 aromatic rings. The first-order chi connectivity index (χ1) is 16.5. The molecule has 0 spiro atoms. The van der Waals surface area contributed by atoms with Crippen LogP contribution in [0.2, 0.25) is 0 Å². The first-order valence-corrected chi connectivity index (χ1v) is 12.9. The van der Waals surface area contributed by atoms with E-state index in [0.717, 1.165) is 45.3 Å². The van der Waals surface area contributed by atoms with E-state index in [1.54, 1.807) is 55.1 Å². The van der Waals surface area contributed by atoms with Crippen LogP contribution in [0.4, 0.5) is 5.00 Å². The molecule has 0 saturated carbocycles. The van der Waals surface area contributed by atoms with Crippen molar-refractivity contribution in [3.05, 3.63) is 58.5 Å². The lowest BCUT2D eigenvalue weighted by Crippen LogP contribution is -2.35. The molecule has 0 unspecified atom stereocenters. The summed E-state index contributed by atoms with van der Waals surface area (Å²) >= 11 is 3.34. The number of thiazole rings is 1. The number of carbonyl (C=O) groups is 1. The van der Waals surface area contributed by atoms with Gasteiger partial charge in [-0.05, 0) is 50.1 Å². The highest BCUT2D eigenvalue weighted by atomic mass is 35.5. The molecular formula is C26H28ClN3O3S2. The van der Waals surface area contributed by atoms with Crippen molar-refractivity contribution < 1.29 is 14.3 Å². The number of benzene rings is 2. The molecule has 184 valence electrons. The van der Waals surface area contributed by atoms with Crippen LogP contribution in [-0.4, -0.2) is 42.6 Å². The van der Waals surface area contributed by atoms with Gasteiger partial charge in [0.2, 0.25) is 0 Å². The summed E-state index contributed by atoms with van der Waals surface area (Å²) in [6.07, 6.45) is 0.943. The Morgan fingerprint density at radius 3 is 2.46 bits per heavy atom. The maximum atomic E-state index is 13.3. The average Bonchev–Trinajstić information content (AvgIpc) is 3.43. The van der Waals surface area contributed by atoms with Crippen molar-refractivity contribution in [2.75, 3.05) is 26.1 Å². The number of hydrogen-bond donors (Lipinski definition) is 1. The summed E-state index contributed by atoms with van der Waals surface area (Å²) < 4.78 is 11.9. The maximum Gasteiger partial charge on any atom is 0.256 e. The van der Waals surface area contributed by atoms with Crippen molar-refractivity contribution >= 4 is 56.2 Å². The Morgan fingerprint density at radius 1 is 1.09 bits per heavy atom. The van der Waals surface area contributed by atoms with Crippen molar-refractivity contribution in [1.29, 1.82) is 0 Å². The van der Waals surface area contributed by atoms with Gasteiger partial charge in [0.1, 0.15) is 21.5 Å². The number of aromatic nitrogens is 1. The Morgan fingerprint density at radius 2 is 1.80 bits per heavy atom. The molecule has 2 aromatic heterocycles. The number of hydrogen-bond acceptors (Lipinski definition) is 7. The highest BCUT2D eigenvalue weighted by molar-refractivity contribution is 7.23. The largest absolute Gasteiger partial charge is 0.497 e. The summed E-state index contributed by atoms with van der Waals surface area (Å²) in [7, 11) is 3.16. The quantitative estimate of drug-likeness (QED) is 0.309. The zero-order valence-electron chi connectivity index (χ0n) is 20.1. The molecule has 0 bridgehead atoms. The summed E-state index contributed by atoms with van der Waals surface area (Å²) in [6, 6.07) is 13.9. The summed E-state index contributed by atoms with van der Waals surface area (Å²) in [5.74, 6) is 0.960. The first kappa shape index (κ1) is 25.4. The number of halogens is 1. The molecule has 1 aliphatic rings. The fourth-order valence-electron chi connectivity index (χ4n) is 4.27. The lowest BCUT2D eigenvalue weighted by atomic mass is 10.0. The fourth-order valence-corrected chi connectivity index (χ4v) is 6.65.